The predicted molar refractivity (Wildman–Crippen MR) is 121 cm³/mol. The molecule has 0 radical (unpaired) electrons. The van der Waals surface area contributed by atoms with Crippen LogP contribution < -0.4 is 4.74 Å². The largest absolute Gasteiger partial charge is 0.478 e. The van der Waals surface area contributed by atoms with E-state index in [1.54, 1.807) is 0 Å². The van der Waals surface area contributed by atoms with Gasteiger partial charge in [-0.1, -0.05) is 82.7 Å². The van der Waals surface area contributed by atoms with Gasteiger partial charge in [0.05, 0.1) is 0 Å². The first-order valence-electron chi connectivity index (χ1n) is 10.7. The van der Waals surface area contributed by atoms with Gasteiger partial charge in [0.1, 0.15) is 11.8 Å². The maximum absolute atomic E-state index is 8.98. The van der Waals surface area contributed by atoms with E-state index in [2.05, 4.69) is 89.2 Å². The molecule has 0 bridgehead atoms. The highest BCUT2D eigenvalue weighted by molar-refractivity contribution is 5.83. The number of allylic oxidation sites excluding steroid dienone is 1. The number of hydrogen-bond acceptors (Lipinski definition) is 2. The minimum Gasteiger partial charge on any atom is -0.478 e. The lowest BCUT2D eigenvalue weighted by atomic mass is 9.62. The molecule has 1 aliphatic rings. The minimum atomic E-state index is 0.0771. The van der Waals surface area contributed by atoms with Crippen molar-refractivity contribution in [2.75, 3.05) is 6.61 Å². The van der Waals surface area contributed by atoms with Crippen LogP contribution in [0.4, 0.5) is 0 Å². The molecule has 0 aliphatic heterocycles. The molecule has 2 aromatic carbocycles. The van der Waals surface area contributed by atoms with Crippen LogP contribution in [0, 0.1) is 22.2 Å². The predicted octanol–water partition coefficient (Wildman–Crippen LogP) is 7.19. The molecule has 0 atom stereocenters. The Labute approximate surface area is 176 Å². The number of aryl methyl sites for hydroxylation is 1. The summed E-state index contributed by atoms with van der Waals surface area (Å²) in [6.07, 6.45) is 4.32. The van der Waals surface area contributed by atoms with Gasteiger partial charge in [0.2, 0.25) is 0 Å². The summed E-state index contributed by atoms with van der Waals surface area (Å²) in [5.74, 6) is 0.829. The van der Waals surface area contributed by atoms with Crippen molar-refractivity contribution in [3.63, 3.8) is 0 Å². The molecule has 2 heteroatoms. The lowest BCUT2D eigenvalue weighted by Gasteiger charge is -2.43. The Kier molecular flexibility index (Phi) is 6.18. The van der Waals surface area contributed by atoms with E-state index in [0.717, 1.165) is 30.6 Å². The molecular weight excluding hydrogens is 354 g/mol. The van der Waals surface area contributed by atoms with Gasteiger partial charge in [-0.05, 0) is 64.8 Å². The first kappa shape index (κ1) is 21.2. The molecule has 3 rings (SSSR count). The van der Waals surface area contributed by atoms with Crippen molar-refractivity contribution in [2.24, 2.45) is 10.8 Å². The zero-order chi connectivity index (χ0) is 21.1. The van der Waals surface area contributed by atoms with Crippen molar-refractivity contribution < 1.29 is 4.74 Å². The van der Waals surface area contributed by atoms with Gasteiger partial charge >= 0.3 is 0 Å². The summed E-state index contributed by atoms with van der Waals surface area (Å²) in [6, 6.07) is 19.3. The molecule has 0 amide bonds. The number of benzene rings is 2. The van der Waals surface area contributed by atoms with Gasteiger partial charge in [-0.3, -0.25) is 0 Å². The van der Waals surface area contributed by atoms with Crippen LogP contribution in [0.15, 0.2) is 54.1 Å². The lowest BCUT2D eigenvalue weighted by Crippen LogP contribution is -2.30. The molecule has 1 saturated carbocycles. The van der Waals surface area contributed by atoms with E-state index in [1.165, 1.54) is 28.7 Å². The molecule has 2 aromatic rings. The molecule has 2 nitrogen and oxygen atoms in total. The average molecular weight is 388 g/mol. The van der Waals surface area contributed by atoms with E-state index in [0.29, 0.717) is 0 Å². The Morgan fingerprint density at radius 1 is 0.966 bits per heavy atom. The first-order chi connectivity index (χ1) is 13.7. The van der Waals surface area contributed by atoms with Crippen molar-refractivity contribution in [1.82, 2.24) is 0 Å². The van der Waals surface area contributed by atoms with Crippen LogP contribution in [0.1, 0.15) is 70.6 Å². The number of nitriles is 1. The topological polar surface area (TPSA) is 33.0 Å². The Morgan fingerprint density at radius 3 is 2.21 bits per heavy atom. The fourth-order valence-corrected chi connectivity index (χ4v) is 5.24. The number of rotatable bonds is 5. The molecule has 29 heavy (non-hydrogen) atoms. The van der Waals surface area contributed by atoms with Crippen molar-refractivity contribution in [3.05, 3.63) is 70.8 Å². The quantitative estimate of drug-likeness (QED) is 0.544. The van der Waals surface area contributed by atoms with E-state index >= 15 is 0 Å². The van der Waals surface area contributed by atoms with E-state index in [9.17, 15) is 0 Å². The van der Waals surface area contributed by atoms with E-state index in [4.69, 9.17) is 10.00 Å². The van der Waals surface area contributed by atoms with Gasteiger partial charge in [0.25, 0.3) is 0 Å². The third-order valence-corrected chi connectivity index (χ3v) is 5.79. The van der Waals surface area contributed by atoms with Crippen molar-refractivity contribution >= 4 is 5.57 Å². The third kappa shape index (κ3) is 5.10. The highest BCUT2D eigenvalue weighted by Gasteiger charge is 2.37. The smallest absolute Gasteiger partial charge is 0.174 e. The molecule has 0 heterocycles. The third-order valence-electron chi connectivity index (χ3n) is 5.79. The first-order valence-corrected chi connectivity index (χ1v) is 10.7. The van der Waals surface area contributed by atoms with E-state index < -0.39 is 0 Å². The highest BCUT2D eigenvalue weighted by Crippen LogP contribution is 2.51. The fourth-order valence-electron chi connectivity index (χ4n) is 5.24. The maximum Gasteiger partial charge on any atom is 0.174 e. The molecule has 1 fully saturated rings. The van der Waals surface area contributed by atoms with E-state index in [1.807, 2.05) is 0 Å². The van der Waals surface area contributed by atoms with Gasteiger partial charge in [0, 0.05) is 0 Å². The average Bonchev–Trinajstić information content (AvgIpc) is 2.65. The fraction of sp³-hybridized carbons (Fsp3) is 0.444. The molecule has 0 N–H and O–H groups in total. The lowest BCUT2D eigenvalue weighted by molar-refractivity contribution is 0.154. The number of hydrogen-bond donors (Lipinski definition) is 0. The van der Waals surface area contributed by atoms with Crippen LogP contribution in [-0.2, 0) is 6.42 Å². The maximum atomic E-state index is 8.98. The summed E-state index contributed by atoms with van der Waals surface area (Å²) in [5.41, 5.74) is 6.99. The normalized spacial score (nSPS) is 17.4. The second-order valence-electron chi connectivity index (χ2n) is 9.83. The summed E-state index contributed by atoms with van der Waals surface area (Å²) >= 11 is 0. The SMILES string of the molecule is CCc1ccc(C(=C2CC(C)(C)CC(C)(C)C2)c2ccccc2)cc1OCC#N. The van der Waals surface area contributed by atoms with Crippen LogP contribution >= 0.6 is 0 Å². The van der Waals surface area contributed by atoms with Crippen molar-refractivity contribution in [1.29, 1.82) is 5.26 Å². The molecule has 152 valence electrons. The summed E-state index contributed by atoms with van der Waals surface area (Å²) in [5, 5.41) is 8.98. The van der Waals surface area contributed by atoms with Gasteiger partial charge in [-0.25, -0.2) is 0 Å². The minimum absolute atomic E-state index is 0.0771. The van der Waals surface area contributed by atoms with Crippen molar-refractivity contribution in [3.8, 4) is 11.8 Å². The molecule has 0 saturated heterocycles. The number of nitrogens with zero attached hydrogens (tertiary/aromatic N) is 1. The Balaban J connectivity index is 2.19. The monoisotopic (exact) mass is 387 g/mol. The Bertz CT molecular complexity index is 911. The Morgan fingerprint density at radius 2 is 1.62 bits per heavy atom. The van der Waals surface area contributed by atoms with Gasteiger partial charge < -0.3 is 4.74 Å². The Hall–Kier alpha value is -2.53. The standard InChI is InChI=1S/C27H33NO/c1-6-20-12-13-22(16-24(20)29-15-14-28)25(21-10-8-7-9-11-21)23-17-26(2,3)19-27(4,5)18-23/h7-13,16H,6,15,17-19H2,1-5H3. The molecule has 0 spiro atoms. The highest BCUT2D eigenvalue weighted by atomic mass is 16.5. The van der Waals surface area contributed by atoms with Crippen LogP contribution in [0.2, 0.25) is 0 Å². The second-order valence-corrected chi connectivity index (χ2v) is 9.83. The van der Waals surface area contributed by atoms with Gasteiger partial charge in [0.15, 0.2) is 6.61 Å². The van der Waals surface area contributed by atoms with Gasteiger partial charge in [-0.15, -0.1) is 0 Å². The van der Waals surface area contributed by atoms with Crippen LogP contribution in [-0.4, -0.2) is 6.61 Å². The summed E-state index contributed by atoms with van der Waals surface area (Å²) in [6.45, 7) is 11.7. The zero-order valence-electron chi connectivity index (χ0n) is 18.5. The zero-order valence-corrected chi connectivity index (χ0v) is 18.5. The summed E-state index contributed by atoms with van der Waals surface area (Å²) < 4.78 is 5.79. The molecular formula is C27H33NO. The van der Waals surface area contributed by atoms with Crippen LogP contribution in [0.3, 0.4) is 0 Å². The van der Waals surface area contributed by atoms with Crippen LogP contribution in [0.25, 0.3) is 5.57 Å². The number of ether oxygens (including phenoxy) is 1. The molecule has 0 unspecified atom stereocenters. The molecule has 0 aromatic heterocycles. The van der Waals surface area contributed by atoms with Crippen molar-refractivity contribution in [2.45, 2.75) is 60.3 Å². The molecule has 1 aliphatic carbocycles. The second kappa shape index (κ2) is 8.46. The summed E-state index contributed by atoms with van der Waals surface area (Å²) in [7, 11) is 0. The van der Waals surface area contributed by atoms with Gasteiger partial charge in [-0.2, -0.15) is 5.26 Å². The van der Waals surface area contributed by atoms with Crippen LogP contribution in [0.5, 0.6) is 5.75 Å². The van der Waals surface area contributed by atoms with E-state index in [-0.39, 0.29) is 17.4 Å². The summed E-state index contributed by atoms with van der Waals surface area (Å²) in [4.78, 5) is 0.